The van der Waals surface area contributed by atoms with E-state index in [0.717, 1.165) is 16.7 Å². The summed E-state index contributed by atoms with van der Waals surface area (Å²) in [5.41, 5.74) is 3.82. The third-order valence-electron chi connectivity index (χ3n) is 5.38. The van der Waals surface area contributed by atoms with Gasteiger partial charge in [0.05, 0.1) is 22.6 Å². The molecule has 1 aliphatic heterocycles. The molecule has 0 aliphatic carbocycles. The number of pyridine rings is 1. The Labute approximate surface area is 186 Å². The van der Waals surface area contributed by atoms with E-state index in [0.29, 0.717) is 22.9 Å². The van der Waals surface area contributed by atoms with Crippen molar-refractivity contribution in [1.82, 2.24) is 15.0 Å². The number of nitrogens with zero attached hydrogens (tertiary/aromatic N) is 3. The summed E-state index contributed by atoms with van der Waals surface area (Å²) in [6, 6.07) is 11.0. The van der Waals surface area contributed by atoms with Crippen LogP contribution in [0.4, 0.5) is 0 Å². The highest BCUT2D eigenvalue weighted by molar-refractivity contribution is 7.91. The number of carbonyl (C=O) groups is 1. The number of aryl methyl sites for hydroxylation is 1. The molecule has 0 unspecified atom stereocenters. The van der Waals surface area contributed by atoms with Crippen LogP contribution in [-0.4, -0.2) is 54.0 Å². The van der Waals surface area contributed by atoms with E-state index in [4.69, 9.17) is 9.26 Å². The summed E-state index contributed by atoms with van der Waals surface area (Å²) in [6.07, 6.45) is 3.21. The molecule has 9 heteroatoms. The number of hydrogen-bond acceptors (Lipinski definition) is 7. The first kappa shape index (κ1) is 21.8. The molecule has 2 aromatic heterocycles. The smallest absolute Gasteiger partial charge is 0.255 e. The Morgan fingerprint density at radius 2 is 1.91 bits per heavy atom. The van der Waals surface area contributed by atoms with Crippen LogP contribution in [0, 0.1) is 6.92 Å². The van der Waals surface area contributed by atoms with Crippen LogP contribution in [0.15, 0.2) is 53.7 Å². The van der Waals surface area contributed by atoms with Gasteiger partial charge in [-0.2, -0.15) is 0 Å². The van der Waals surface area contributed by atoms with Crippen LogP contribution >= 0.6 is 0 Å². The maximum absolute atomic E-state index is 12.6. The first-order valence-electron chi connectivity index (χ1n) is 10.1. The van der Waals surface area contributed by atoms with Gasteiger partial charge in [0, 0.05) is 30.9 Å². The lowest BCUT2D eigenvalue weighted by atomic mass is 10.0. The molecule has 0 saturated carbocycles. The summed E-state index contributed by atoms with van der Waals surface area (Å²) in [4.78, 5) is 18.3. The Morgan fingerprint density at radius 3 is 2.53 bits per heavy atom. The number of rotatable bonds is 6. The molecule has 0 radical (unpaired) electrons. The van der Waals surface area contributed by atoms with Crippen molar-refractivity contribution < 1.29 is 22.5 Å². The monoisotopic (exact) mass is 453 g/mol. The van der Waals surface area contributed by atoms with Crippen molar-refractivity contribution in [3.63, 3.8) is 0 Å². The van der Waals surface area contributed by atoms with Crippen molar-refractivity contribution in [2.75, 3.05) is 24.6 Å². The van der Waals surface area contributed by atoms with E-state index in [2.05, 4.69) is 16.7 Å². The van der Waals surface area contributed by atoms with Crippen LogP contribution in [-0.2, 0) is 16.4 Å². The lowest BCUT2D eigenvalue weighted by molar-refractivity contribution is 0.0769. The Bertz CT molecular complexity index is 1220. The SMILES string of the molecule is C=Cc1ccc(-c2noc(C)c2COc2ccc(C(=O)N3CCS(=O)(=O)CC3)cn2)cc1. The molecule has 0 atom stereocenters. The summed E-state index contributed by atoms with van der Waals surface area (Å²) in [6.45, 7) is 6.18. The Balaban J connectivity index is 1.42. The fraction of sp³-hybridized carbons (Fsp3) is 0.261. The second-order valence-corrected chi connectivity index (χ2v) is 9.81. The van der Waals surface area contributed by atoms with Crippen LogP contribution in [0.1, 0.15) is 27.2 Å². The van der Waals surface area contributed by atoms with E-state index in [9.17, 15) is 13.2 Å². The largest absolute Gasteiger partial charge is 0.473 e. The summed E-state index contributed by atoms with van der Waals surface area (Å²) in [7, 11) is -3.04. The molecule has 32 heavy (non-hydrogen) atoms. The van der Waals surface area contributed by atoms with Crippen molar-refractivity contribution in [2.24, 2.45) is 0 Å². The topological polar surface area (TPSA) is 103 Å². The van der Waals surface area contributed by atoms with Gasteiger partial charge in [0.15, 0.2) is 9.84 Å². The minimum atomic E-state index is -3.04. The van der Waals surface area contributed by atoms with Gasteiger partial charge in [-0.25, -0.2) is 13.4 Å². The minimum Gasteiger partial charge on any atom is -0.473 e. The predicted molar refractivity (Wildman–Crippen MR) is 120 cm³/mol. The molecule has 0 spiro atoms. The summed E-state index contributed by atoms with van der Waals surface area (Å²) in [5.74, 6) is 0.754. The molecule has 0 N–H and O–H groups in total. The normalized spacial score (nSPS) is 15.3. The number of amides is 1. The van der Waals surface area contributed by atoms with Gasteiger partial charge in [0.2, 0.25) is 5.88 Å². The Morgan fingerprint density at radius 1 is 1.19 bits per heavy atom. The molecule has 1 aromatic carbocycles. The van der Waals surface area contributed by atoms with Crippen molar-refractivity contribution in [3.05, 3.63) is 71.6 Å². The van der Waals surface area contributed by atoms with E-state index < -0.39 is 9.84 Å². The highest BCUT2D eigenvalue weighted by Crippen LogP contribution is 2.27. The van der Waals surface area contributed by atoms with Crippen molar-refractivity contribution in [3.8, 4) is 17.1 Å². The second kappa shape index (κ2) is 8.96. The fourth-order valence-electron chi connectivity index (χ4n) is 3.40. The fourth-order valence-corrected chi connectivity index (χ4v) is 4.60. The molecule has 1 fully saturated rings. The minimum absolute atomic E-state index is 0.00982. The van der Waals surface area contributed by atoms with Gasteiger partial charge in [0.1, 0.15) is 18.1 Å². The van der Waals surface area contributed by atoms with Gasteiger partial charge < -0.3 is 14.2 Å². The first-order valence-corrected chi connectivity index (χ1v) is 11.9. The van der Waals surface area contributed by atoms with E-state index in [1.165, 1.54) is 11.1 Å². The molecule has 1 saturated heterocycles. The molecular formula is C23H23N3O5S. The molecule has 4 rings (SSSR count). The number of hydrogen-bond donors (Lipinski definition) is 0. The molecule has 1 aliphatic rings. The van der Waals surface area contributed by atoms with E-state index in [1.54, 1.807) is 18.2 Å². The molecule has 1 amide bonds. The lowest BCUT2D eigenvalue weighted by Crippen LogP contribution is -2.43. The average molecular weight is 454 g/mol. The van der Waals surface area contributed by atoms with Crippen LogP contribution in [0.3, 0.4) is 0 Å². The van der Waals surface area contributed by atoms with Crippen LogP contribution < -0.4 is 4.74 Å². The third kappa shape index (κ3) is 4.72. The van der Waals surface area contributed by atoms with Crippen molar-refractivity contribution in [1.29, 1.82) is 0 Å². The third-order valence-corrected chi connectivity index (χ3v) is 6.99. The number of ether oxygens (including phenoxy) is 1. The quantitative estimate of drug-likeness (QED) is 0.565. The van der Waals surface area contributed by atoms with E-state index in [-0.39, 0.29) is 37.1 Å². The van der Waals surface area contributed by atoms with Crippen LogP contribution in [0.5, 0.6) is 5.88 Å². The molecular weight excluding hydrogens is 430 g/mol. The summed E-state index contributed by atoms with van der Waals surface area (Å²) >= 11 is 0. The zero-order valence-corrected chi connectivity index (χ0v) is 18.5. The maximum Gasteiger partial charge on any atom is 0.255 e. The van der Waals surface area contributed by atoms with Crippen LogP contribution in [0.25, 0.3) is 17.3 Å². The molecule has 8 nitrogen and oxygen atoms in total. The van der Waals surface area contributed by atoms with E-state index >= 15 is 0 Å². The first-order chi connectivity index (χ1) is 15.4. The summed E-state index contributed by atoms with van der Waals surface area (Å²) in [5, 5.41) is 4.16. The molecule has 3 aromatic rings. The zero-order chi connectivity index (χ0) is 22.7. The molecule has 0 bridgehead atoms. The van der Waals surface area contributed by atoms with Gasteiger partial charge in [-0.3, -0.25) is 4.79 Å². The van der Waals surface area contributed by atoms with Gasteiger partial charge in [-0.15, -0.1) is 0 Å². The molecule has 3 heterocycles. The Kier molecular flexibility index (Phi) is 6.09. The highest BCUT2D eigenvalue weighted by Gasteiger charge is 2.26. The van der Waals surface area contributed by atoms with Crippen LogP contribution in [0.2, 0.25) is 0 Å². The molecule has 166 valence electrons. The number of aromatic nitrogens is 2. The van der Waals surface area contributed by atoms with Gasteiger partial charge in [-0.1, -0.05) is 42.1 Å². The predicted octanol–water partition coefficient (Wildman–Crippen LogP) is 3.14. The van der Waals surface area contributed by atoms with Crippen molar-refractivity contribution >= 4 is 21.8 Å². The van der Waals surface area contributed by atoms with Gasteiger partial charge >= 0.3 is 0 Å². The average Bonchev–Trinajstić information content (AvgIpc) is 3.18. The number of benzene rings is 1. The highest BCUT2D eigenvalue weighted by atomic mass is 32.2. The van der Waals surface area contributed by atoms with Crippen molar-refractivity contribution in [2.45, 2.75) is 13.5 Å². The second-order valence-electron chi connectivity index (χ2n) is 7.51. The number of sulfone groups is 1. The van der Waals surface area contributed by atoms with E-state index in [1.807, 2.05) is 31.2 Å². The maximum atomic E-state index is 12.6. The standard InChI is InChI=1S/C23H23N3O5S/c1-3-17-4-6-18(7-5-17)22-20(16(2)31-25-22)15-30-21-9-8-19(14-24-21)23(27)26-10-12-32(28,29)13-11-26/h3-9,14H,1,10-13,15H2,2H3. The number of carbonyl (C=O) groups excluding carboxylic acids is 1. The lowest BCUT2D eigenvalue weighted by Gasteiger charge is -2.26. The zero-order valence-electron chi connectivity index (χ0n) is 17.7. The summed E-state index contributed by atoms with van der Waals surface area (Å²) < 4.78 is 34.3. The van der Waals surface area contributed by atoms with Gasteiger partial charge in [-0.05, 0) is 18.6 Å². The Hall–Kier alpha value is -3.46. The van der Waals surface area contributed by atoms with Gasteiger partial charge in [0.25, 0.3) is 5.91 Å².